The molecule has 0 amide bonds. The van der Waals surface area contributed by atoms with Crippen molar-refractivity contribution >= 4 is 0 Å². The molecule has 2 rings (SSSR count). The van der Waals surface area contributed by atoms with Crippen LogP contribution in [0.4, 0.5) is 0 Å². The highest BCUT2D eigenvalue weighted by atomic mass is 16.5. The first-order valence-electron chi connectivity index (χ1n) is 7.28. The van der Waals surface area contributed by atoms with E-state index in [1.54, 1.807) is 14.2 Å². The van der Waals surface area contributed by atoms with Gasteiger partial charge in [0.15, 0.2) is 11.5 Å². The Morgan fingerprint density at radius 2 is 1.80 bits per heavy atom. The monoisotopic (exact) mass is 279 g/mol. The van der Waals surface area contributed by atoms with Gasteiger partial charge in [-0.15, -0.1) is 0 Å². The van der Waals surface area contributed by atoms with Crippen LogP contribution in [-0.4, -0.2) is 26.4 Å². The van der Waals surface area contributed by atoms with Crippen molar-refractivity contribution < 1.29 is 14.2 Å². The summed E-state index contributed by atoms with van der Waals surface area (Å²) in [5.41, 5.74) is 7.33. The average molecular weight is 279 g/mol. The number of benzene rings is 1. The van der Waals surface area contributed by atoms with Crippen LogP contribution < -0.4 is 15.2 Å². The van der Waals surface area contributed by atoms with Crippen LogP contribution in [0.25, 0.3) is 0 Å². The Morgan fingerprint density at radius 3 is 2.35 bits per heavy atom. The lowest BCUT2D eigenvalue weighted by atomic mass is 9.87. The maximum atomic E-state index is 6.52. The predicted octanol–water partition coefficient (Wildman–Crippen LogP) is 3.05. The van der Waals surface area contributed by atoms with Crippen LogP contribution in [0.1, 0.15) is 44.2 Å². The summed E-state index contributed by atoms with van der Waals surface area (Å²) >= 11 is 0. The van der Waals surface area contributed by atoms with Gasteiger partial charge in [-0.1, -0.05) is 18.9 Å². The molecule has 2 N–H and O–H groups in total. The molecule has 1 unspecified atom stereocenters. The molecule has 1 aromatic carbocycles. The van der Waals surface area contributed by atoms with Crippen LogP contribution in [0.2, 0.25) is 0 Å². The predicted molar refractivity (Wildman–Crippen MR) is 79.3 cm³/mol. The van der Waals surface area contributed by atoms with Crippen LogP contribution in [0.15, 0.2) is 18.2 Å². The van der Waals surface area contributed by atoms with E-state index in [-0.39, 0.29) is 11.6 Å². The van der Waals surface area contributed by atoms with E-state index in [2.05, 4.69) is 0 Å². The highest BCUT2D eigenvalue weighted by Gasteiger charge is 2.41. The summed E-state index contributed by atoms with van der Waals surface area (Å²) in [5.74, 6) is 1.44. The molecule has 4 nitrogen and oxygen atoms in total. The topological polar surface area (TPSA) is 53.7 Å². The maximum Gasteiger partial charge on any atom is 0.161 e. The summed E-state index contributed by atoms with van der Waals surface area (Å²) in [7, 11) is 3.27. The molecule has 1 atom stereocenters. The number of ether oxygens (including phenoxy) is 3. The molecule has 0 aliphatic heterocycles. The van der Waals surface area contributed by atoms with Crippen molar-refractivity contribution in [3.63, 3.8) is 0 Å². The minimum Gasteiger partial charge on any atom is -0.493 e. The third kappa shape index (κ3) is 2.76. The Morgan fingerprint density at radius 1 is 1.15 bits per heavy atom. The van der Waals surface area contributed by atoms with Gasteiger partial charge in [0.05, 0.1) is 25.9 Å². The fourth-order valence-electron chi connectivity index (χ4n) is 3.16. The Kier molecular flexibility index (Phi) is 4.89. The lowest BCUT2D eigenvalue weighted by Gasteiger charge is -2.35. The smallest absolute Gasteiger partial charge is 0.161 e. The highest BCUT2D eigenvalue weighted by Crippen LogP contribution is 2.43. The van der Waals surface area contributed by atoms with Crippen molar-refractivity contribution in [1.29, 1.82) is 0 Å². The van der Waals surface area contributed by atoms with E-state index in [1.807, 2.05) is 25.1 Å². The summed E-state index contributed by atoms with van der Waals surface area (Å²) in [5, 5.41) is 0. The van der Waals surface area contributed by atoms with Crippen molar-refractivity contribution in [1.82, 2.24) is 0 Å². The summed E-state index contributed by atoms with van der Waals surface area (Å²) in [6.07, 6.45) is 4.41. The first-order chi connectivity index (χ1) is 9.66. The van der Waals surface area contributed by atoms with Crippen LogP contribution in [0.5, 0.6) is 11.5 Å². The van der Waals surface area contributed by atoms with E-state index >= 15 is 0 Å². The van der Waals surface area contributed by atoms with Gasteiger partial charge in [-0.25, -0.2) is 0 Å². The average Bonchev–Trinajstić information content (AvgIpc) is 2.96. The van der Waals surface area contributed by atoms with Crippen molar-refractivity contribution in [2.45, 2.75) is 44.2 Å². The zero-order valence-corrected chi connectivity index (χ0v) is 12.6. The number of hydrogen-bond donors (Lipinski definition) is 1. The van der Waals surface area contributed by atoms with Crippen molar-refractivity contribution in [3.05, 3.63) is 23.8 Å². The van der Waals surface area contributed by atoms with Gasteiger partial charge in [-0.05, 0) is 37.5 Å². The Hall–Kier alpha value is -1.26. The van der Waals surface area contributed by atoms with Crippen molar-refractivity contribution in [2.24, 2.45) is 5.73 Å². The van der Waals surface area contributed by atoms with Gasteiger partial charge in [0.2, 0.25) is 0 Å². The molecule has 112 valence electrons. The standard InChI is InChI=1S/C16H25NO3/c1-4-20-16(9-5-6-10-16)15(17)12-7-8-13(18-2)14(11-12)19-3/h7-8,11,15H,4-6,9-10,17H2,1-3H3. The van der Waals surface area contributed by atoms with E-state index in [0.717, 1.165) is 24.2 Å². The molecule has 20 heavy (non-hydrogen) atoms. The van der Waals surface area contributed by atoms with Crippen LogP contribution in [-0.2, 0) is 4.74 Å². The molecular formula is C16H25NO3. The Bertz CT molecular complexity index is 441. The molecule has 4 heteroatoms. The Labute approximate surface area is 121 Å². The molecule has 1 saturated carbocycles. The molecule has 0 radical (unpaired) electrons. The van der Waals surface area contributed by atoms with E-state index in [0.29, 0.717) is 12.4 Å². The van der Waals surface area contributed by atoms with E-state index < -0.39 is 0 Å². The second kappa shape index (κ2) is 6.46. The molecule has 0 bridgehead atoms. The van der Waals surface area contributed by atoms with Gasteiger partial charge in [-0.2, -0.15) is 0 Å². The van der Waals surface area contributed by atoms with Gasteiger partial charge in [0.25, 0.3) is 0 Å². The number of nitrogens with two attached hydrogens (primary N) is 1. The molecular weight excluding hydrogens is 254 g/mol. The van der Waals surface area contributed by atoms with E-state index in [4.69, 9.17) is 19.9 Å². The molecule has 0 aromatic heterocycles. The lowest BCUT2D eigenvalue weighted by Crippen LogP contribution is -2.41. The summed E-state index contributed by atoms with van der Waals surface area (Å²) in [4.78, 5) is 0. The molecule has 1 fully saturated rings. The minimum atomic E-state index is -0.228. The third-order valence-corrected chi connectivity index (χ3v) is 4.22. The quantitative estimate of drug-likeness (QED) is 0.869. The number of rotatable bonds is 6. The van der Waals surface area contributed by atoms with Crippen LogP contribution >= 0.6 is 0 Å². The van der Waals surface area contributed by atoms with E-state index in [1.165, 1.54) is 12.8 Å². The summed E-state index contributed by atoms with van der Waals surface area (Å²) in [6, 6.07) is 5.74. The first-order valence-corrected chi connectivity index (χ1v) is 7.28. The van der Waals surface area contributed by atoms with Crippen molar-refractivity contribution in [3.8, 4) is 11.5 Å². The van der Waals surface area contributed by atoms with Gasteiger partial charge in [0.1, 0.15) is 0 Å². The van der Waals surface area contributed by atoms with Gasteiger partial charge >= 0.3 is 0 Å². The fourth-order valence-corrected chi connectivity index (χ4v) is 3.16. The fraction of sp³-hybridized carbons (Fsp3) is 0.625. The second-order valence-electron chi connectivity index (χ2n) is 5.30. The van der Waals surface area contributed by atoms with Gasteiger partial charge in [0, 0.05) is 6.61 Å². The molecule has 0 saturated heterocycles. The normalized spacial score (nSPS) is 18.8. The minimum absolute atomic E-state index is 0.134. The lowest BCUT2D eigenvalue weighted by molar-refractivity contribution is -0.0536. The zero-order valence-electron chi connectivity index (χ0n) is 12.6. The largest absolute Gasteiger partial charge is 0.493 e. The number of methoxy groups -OCH3 is 2. The van der Waals surface area contributed by atoms with Gasteiger partial charge < -0.3 is 19.9 Å². The second-order valence-corrected chi connectivity index (χ2v) is 5.30. The number of hydrogen-bond acceptors (Lipinski definition) is 4. The molecule has 1 aromatic rings. The van der Waals surface area contributed by atoms with Crippen LogP contribution in [0.3, 0.4) is 0 Å². The molecule has 1 aliphatic rings. The molecule has 1 aliphatic carbocycles. The molecule has 0 spiro atoms. The summed E-state index contributed by atoms with van der Waals surface area (Å²) in [6.45, 7) is 2.72. The zero-order chi connectivity index (χ0) is 14.6. The third-order valence-electron chi connectivity index (χ3n) is 4.22. The van der Waals surface area contributed by atoms with Gasteiger partial charge in [-0.3, -0.25) is 0 Å². The highest BCUT2D eigenvalue weighted by molar-refractivity contribution is 5.44. The summed E-state index contributed by atoms with van der Waals surface area (Å²) < 4.78 is 16.7. The SMILES string of the molecule is CCOC1(C(N)c2ccc(OC)c(OC)c2)CCCC1. The van der Waals surface area contributed by atoms with Crippen LogP contribution in [0, 0.1) is 0 Å². The van der Waals surface area contributed by atoms with Crippen molar-refractivity contribution in [2.75, 3.05) is 20.8 Å². The maximum absolute atomic E-state index is 6.52. The van der Waals surface area contributed by atoms with E-state index in [9.17, 15) is 0 Å². The Balaban J connectivity index is 2.29. The molecule has 0 heterocycles. The first kappa shape index (κ1) is 15.1.